The van der Waals surface area contributed by atoms with Gasteiger partial charge in [0.05, 0.1) is 24.9 Å². The van der Waals surface area contributed by atoms with Crippen molar-refractivity contribution in [3.63, 3.8) is 0 Å². The van der Waals surface area contributed by atoms with Gasteiger partial charge in [0.1, 0.15) is 11.9 Å². The molecule has 5 nitrogen and oxygen atoms in total. The molecule has 2 atom stereocenters. The zero-order valence-electron chi connectivity index (χ0n) is 11.8. The van der Waals surface area contributed by atoms with Gasteiger partial charge in [-0.05, 0) is 12.1 Å². The second-order valence-electron chi connectivity index (χ2n) is 4.97. The van der Waals surface area contributed by atoms with E-state index in [0.717, 1.165) is 10.9 Å². The van der Waals surface area contributed by atoms with Crippen LogP contribution in [0.5, 0.6) is 5.75 Å². The lowest BCUT2D eigenvalue weighted by molar-refractivity contribution is -0.156. The molecule has 0 saturated heterocycles. The van der Waals surface area contributed by atoms with Gasteiger partial charge in [0.25, 0.3) is 0 Å². The molecule has 1 aliphatic rings. The number of fused-ring (bicyclic) bond motifs is 1. The van der Waals surface area contributed by atoms with Crippen LogP contribution in [0.25, 0.3) is 10.9 Å². The van der Waals surface area contributed by atoms with Crippen LogP contribution in [0.2, 0.25) is 0 Å². The molecule has 0 N–H and O–H groups in total. The first-order chi connectivity index (χ1) is 10.3. The van der Waals surface area contributed by atoms with E-state index >= 15 is 0 Å². The van der Waals surface area contributed by atoms with Crippen molar-refractivity contribution < 1.29 is 19.0 Å². The number of benzene rings is 1. The number of para-hydroxylation sites is 1. The highest BCUT2D eigenvalue weighted by Crippen LogP contribution is 2.27. The van der Waals surface area contributed by atoms with Gasteiger partial charge in [-0.25, -0.2) is 0 Å². The van der Waals surface area contributed by atoms with Crippen LogP contribution in [-0.4, -0.2) is 43.3 Å². The second kappa shape index (κ2) is 6.20. The third kappa shape index (κ3) is 3.04. The zero-order chi connectivity index (χ0) is 14.7. The summed E-state index contributed by atoms with van der Waals surface area (Å²) in [6.45, 7) is 0.858. The van der Waals surface area contributed by atoms with Gasteiger partial charge in [-0.3, -0.25) is 9.78 Å². The van der Waals surface area contributed by atoms with E-state index in [1.54, 1.807) is 13.3 Å². The predicted octanol–water partition coefficient (Wildman–Crippen LogP) is 1.99. The molecule has 1 saturated carbocycles. The molecule has 0 amide bonds. The lowest BCUT2D eigenvalue weighted by Gasteiger charge is -2.34. The smallest absolute Gasteiger partial charge is 0.169 e. The minimum atomic E-state index is -0.494. The Morgan fingerprint density at radius 2 is 2.14 bits per heavy atom. The molecule has 2 unspecified atom stereocenters. The number of Topliss-reactive ketones (excluding diaryl/α,β-unsaturated/α-hetero) is 1. The number of hydrogen-bond donors (Lipinski definition) is 0. The summed E-state index contributed by atoms with van der Waals surface area (Å²) in [5.41, 5.74) is 0.919. The molecule has 1 aromatic carbocycles. The minimum Gasteiger partial charge on any atom is -0.485 e. The third-order valence-electron chi connectivity index (χ3n) is 3.50. The van der Waals surface area contributed by atoms with E-state index in [1.165, 1.54) is 0 Å². The van der Waals surface area contributed by atoms with Crippen molar-refractivity contribution in [3.05, 3.63) is 36.5 Å². The largest absolute Gasteiger partial charge is 0.485 e. The molecule has 0 aliphatic heterocycles. The predicted molar refractivity (Wildman–Crippen MR) is 77.4 cm³/mol. The maximum atomic E-state index is 11.6. The Hall–Kier alpha value is -1.98. The van der Waals surface area contributed by atoms with E-state index in [2.05, 4.69) is 4.98 Å². The standard InChI is InChI=1S/C16H17NO4/c1-19-6-7-20-16-14(18)9-15(16)21-12-8-11-4-2-3-5-13(11)17-10-12/h2-5,8,10,15-16H,6-7,9H2,1H3. The summed E-state index contributed by atoms with van der Waals surface area (Å²) >= 11 is 0. The van der Waals surface area contributed by atoms with Gasteiger partial charge in [0, 0.05) is 18.9 Å². The van der Waals surface area contributed by atoms with Crippen LogP contribution >= 0.6 is 0 Å². The number of nitrogens with zero attached hydrogens (tertiary/aromatic N) is 1. The van der Waals surface area contributed by atoms with Crippen molar-refractivity contribution in [2.45, 2.75) is 18.6 Å². The molecule has 0 spiro atoms. The van der Waals surface area contributed by atoms with Crippen molar-refractivity contribution in [2.75, 3.05) is 20.3 Å². The number of rotatable bonds is 6. The fraction of sp³-hybridized carbons (Fsp3) is 0.375. The van der Waals surface area contributed by atoms with Crippen molar-refractivity contribution in [1.29, 1.82) is 0 Å². The van der Waals surface area contributed by atoms with E-state index in [-0.39, 0.29) is 11.9 Å². The summed E-state index contributed by atoms with van der Waals surface area (Å²) < 4.78 is 16.2. The molecule has 2 aromatic rings. The highest BCUT2D eigenvalue weighted by molar-refractivity contribution is 5.90. The van der Waals surface area contributed by atoms with Crippen molar-refractivity contribution in [2.24, 2.45) is 0 Å². The van der Waals surface area contributed by atoms with Gasteiger partial charge in [-0.15, -0.1) is 0 Å². The summed E-state index contributed by atoms with van der Waals surface area (Å²) in [6.07, 6.45) is 1.32. The molecule has 1 heterocycles. The number of ether oxygens (including phenoxy) is 3. The maximum absolute atomic E-state index is 11.6. The van der Waals surface area contributed by atoms with Gasteiger partial charge in [0.15, 0.2) is 11.9 Å². The number of carbonyl (C=O) groups excluding carboxylic acids is 1. The van der Waals surface area contributed by atoms with Crippen LogP contribution < -0.4 is 4.74 Å². The average Bonchev–Trinajstić information content (AvgIpc) is 2.51. The van der Waals surface area contributed by atoms with Crippen LogP contribution in [0.15, 0.2) is 36.5 Å². The summed E-state index contributed by atoms with van der Waals surface area (Å²) in [6, 6.07) is 9.76. The highest BCUT2D eigenvalue weighted by Gasteiger charge is 2.42. The molecule has 1 aliphatic carbocycles. The van der Waals surface area contributed by atoms with Crippen LogP contribution in [0, 0.1) is 0 Å². The molecular formula is C16H17NO4. The summed E-state index contributed by atoms with van der Waals surface area (Å²) in [4.78, 5) is 15.9. The molecule has 0 bridgehead atoms. The summed E-state index contributed by atoms with van der Waals surface area (Å²) in [7, 11) is 1.60. The van der Waals surface area contributed by atoms with Gasteiger partial charge in [-0.1, -0.05) is 18.2 Å². The minimum absolute atomic E-state index is 0.0739. The first-order valence-corrected chi connectivity index (χ1v) is 6.92. The van der Waals surface area contributed by atoms with E-state index in [4.69, 9.17) is 14.2 Å². The van der Waals surface area contributed by atoms with E-state index in [9.17, 15) is 4.79 Å². The molecule has 0 radical (unpaired) electrons. The third-order valence-corrected chi connectivity index (χ3v) is 3.50. The Morgan fingerprint density at radius 3 is 2.95 bits per heavy atom. The Kier molecular flexibility index (Phi) is 4.13. The van der Waals surface area contributed by atoms with Gasteiger partial charge >= 0.3 is 0 Å². The monoisotopic (exact) mass is 287 g/mol. The topological polar surface area (TPSA) is 57.7 Å². The number of carbonyl (C=O) groups is 1. The molecular weight excluding hydrogens is 270 g/mol. The number of pyridine rings is 1. The van der Waals surface area contributed by atoms with Crippen molar-refractivity contribution >= 4 is 16.7 Å². The number of methoxy groups -OCH3 is 1. The lowest BCUT2D eigenvalue weighted by Crippen LogP contribution is -2.52. The number of hydrogen-bond acceptors (Lipinski definition) is 5. The highest BCUT2D eigenvalue weighted by atomic mass is 16.6. The van der Waals surface area contributed by atoms with Crippen LogP contribution in [0.1, 0.15) is 6.42 Å². The Morgan fingerprint density at radius 1 is 1.29 bits per heavy atom. The fourth-order valence-corrected chi connectivity index (χ4v) is 2.32. The molecule has 21 heavy (non-hydrogen) atoms. The normalized spacial score (nSPS) is 21.3. The van der Waals surface area contributed by atoms with Crippen molar-refractivity contribution in [1.82, 2.24) is 4.98 Å². The van der Waals surface area contributed by atoms with Crippen LogP contribution in [-0.2, 0) is 14.3 Å². The SMILES string of the molecule is COCCOC1C(=O)CC1Oc1cnc2ccccc2c1. The molecule has 3 rings (SSSR count). The van der Waals surface area contributed by atoms with Gasteiger partial charge < -0.3 is 14.2 Å². The summed E-state index contributed by atoms with van der Waals surface area (Å²) in [5, 5.41) is 1.01. The fourth-order valence-electron chi connectivity index (χ4n) is 2.32. The van der Waals surface area contributed by atoms with E-state index in [0.29, 0.717) is 25.4 Å². The second-order valence-corrected chi connectivity index (χ2v) is 4.97. The number of ketones is 1. The maximum Gasteiger partial charge on any atom is 0.169 e. The molecule has 1 fully saturated rings. The Balaban J connectivity index is 1.65. The van der Waals surface area contributed by atoms with E-state index in [1.807, 2.05) is 30.3 Å². The Bertz CT molecular complexity index is 643. The van der Waals surface area contributed by atoms with Crippen LogP contribution in [0.3, 0.4) is 0 Å². The zero-order valence-corrected chi connectivity index (χ0v) is 11.8. The van der Waals surface area contributed by atoms with Crippen molar-refractivity contribution in [3.8, 4) is 5.75 Å². The van der Waals surface area contributed by atoms with Gasteiger partial charge in [0.2, 0.25) is 0 Å². The molecule has 1 aromatic heterocycles. The molecule has 5 heteroatoms. The quantitative estimate of drug-likeness (QED) is 0.760. The average molecular weight is 287 g/mol. The molecule has 110 valence electrons. The first-order valence-electron chi connectivity index (χ1n) is 6.92. The lowest BCUT2D eigenvalue weighted by atomic mass is 9.90. The first kappa shape index (κ1) is 14.0. The van der Waals surface area contributed by atoms with Gasteiger partial charge in [-0.2, -0.15) is 0 Å². The number of aromatic nitrogens is 1. The summed E-state index contributed by atoms with van der Waals surface area (Å²) in [5.74, 6) is 0.733. The van der Waals surface area contributed by atoms with Crippen LogP contribution in [0.4, 0.5) is 0 Å². The van der Waals surface area contributed by atoms with E-state index < -0.39 is 6.10 Å². The Labute approximate surface area is 122 Å².